The van der Waals surface area contributed by atoms with Gasteiger partial charge in [0.25, 0.3) is 0 Å². The van der Waals surface area contributed by atoms with E-state index >= 15 is 0 Å². The molecular weight excluding hydrogens is 1370 g/mol. The molecule has 0 N–H and O–H groups in total. The number of nitrogens with zero attached hydrogens (tertiary/aromatic N) is 5. The van der Waals surface area contributed by atoms with Gasteiger partial charge in [-0.1, -0.05) is 226 Å². The SMILES string of the molecule is CC1(C)c2ccccc2-c2cc(-n3c(/C=C\COc4ccccc4)cc4ccccc43)ccc21.c1ccc(-n2c3ccccc3c3cc(-n4c5ccccc5c5c6c(ccc54)oc4ccccc46)ccc32)cc1.c1ccc2c(c1)oc1ccc3c(c4ccccc4n3-c3ccc(-n4c5ccccc5c5ccccc54)cc3)c12. The van der Waals surface area contributed by atoms with Crippen LogP contribution in [0.1, 0.15) is 30.7 Å². The highest BCUT2D eigenvalue weighted by atomic mass is 16.5. The first-order valence-electron chi connectivity index (χ1n) is 38.4. The lowest BCUT2D eigenvalue weighted by Gasteiger charge is -2.21. The van der Waals surface area contributed by atoms with E-state index in [0.717, 1.165) is 61.6 Å². The number of para-hydroxylation sites is 10. The molecule has 0 saturated heterocycles. The third kappa shape index (κ3) is 10.2. The Kier molecular flexibility index (Phi) is 14.9. The Morgan fingerprint density at radius 1 is 0.268 bits per heavy atom. The summed E-state index contributed by atoms with van der Waals surface area (Å²) in [4.78, 5) is 0. The van der Waals surface area contributed by atoms with Crippen LogP contribution < -0.4 is 4.74 Å². The fourth-order valence-corrected chi connectivity index (χ4v) is 18.3. The fraction of sp³-hybridized carbons (Fsp3) is 0.0385. The molecule has 112 heavy (non-hydrogen) atoms. The molecule has 0 fully saturated rings. The van der Waals surface area contributed by atoms with Gasteiger partial charge in [-0.3, -0.25) is 0 Å². The average Bonchev–Trinajstić information content (AvgIpc) is 1.56. The van der Waals surface area contributed by atoms with Crippen LogP contribution in [0.2, 0.25) is 0 Å². The molecular formula is C104H71N5O3. The summed E-state index contributed by atoms with van der Waals surface area (Å²) in [5.74, 6) is 0.882. The summed E-state index contributed by atoms with van der Waals surface area (Å²) in [6, 6.07) is 132. The number of rotatable bonds is 9. The number of aromatic nitrogens is 5. The van der Waals surface area contributed by atoms with Gasteiger partial charge in [0.05, 0.1) is 49.7 Å². The summed E-state index contributed by atoms with van der Waals surface area (Å²) in [5.41, 5.74) is 26.9. The van der Waals surface area contributed by atoms with Gasteiger partial charge in [0.15, 0.2) is 0 Å². The maximum Gasteiger partial charge on any atom is 0.136 e. The molecule has 1 aliphatic carbocycles. The van der Waals surface area contributed by atoms with Gasteiger partial charge in [-0.05, 0) is 192 Å². The van der Waals surface area contributed by atoms with E-state index in [2.05, 4.69) is 370 Å². The third-order valence-corrected chi connectivity index (χ3v) is 23.2. The van der Waals surface area contributed by atoms with Crippen LogP contribution in [-0.2, 0) is 5.41 Å². The molecule has 0 bridgehead atoms. The molecule has 7 aromatic heterocycles. The summed E-state index contributed by atoms with van der Waals surface area (Å²) in [5, 5.41) is 15.9. The summed E-state index contributed by atoms with van der Waals surface area (Å²) in [6.45, 7) is 5.17. The molecule has 0 atom stereocenters. The molecule has 0 unspecified atom stereocenters. The van der Waals surface area contributed by atoms with Gasteiger partial charge < -0.3 is 36.4 Å². The zero-order valence-electron chi connectivity index (χ0n) is 61.5. The Labute approximate surface area is 644 Å². The minimum Gasteiger partial charge on any atom is -0.490 e. The summed E-state index contributed by atoms with van der Waals surface area (Å²) in [6.07, 6.45) is 4.25. The van der Waals surface area contributed by atoms with E-state index in [1.54, 1.807) is 0 Å². The van der Waals surface area contributed by atoms with Crippen LogP contribution >= 0.6 is 0 Å². The zero-order chi connectivity index (χ0) is 74.1. The number of fused-ring (bicyclic) bond motifs is 24. The van der Waals surface area contributed by atoms with Crippen molar-refractivity contribution in [3.63, 3.8) is 0 Å². The van der Waals surface area contributed by atoms with E-state index in [1.807, 2.05) is 48.5 Å². The highest BCUT2D eigenvalue weighted by molar-refractivity contribution is 6.29. The van der Waals surface area contributed by atoms with Crippen molar-refractivity contribution < 1.29 is 13.6 Å². The molecule has 7 heterocycles. The summed E-state index contributed by atoms with van der Waals surface area (Å²) in [7, 11) is 0. The molecule has 16 aromatic carbocycles. The molecule has 0 spiro atoms. The summed E-state index contributed by atoms with van der Waals surface area (Å²) < 4.78 is 30.2. The van der Waals surface area contributed by atoms with E-state index in [-0.39, 0.29) is 5.41 Å². The highest BCUT2D eigenvalue weighted by Crippen LogP contribution is 2.50. The third-order valence-electron chi connectivity index (χ3n) is 23.2. The highest BCUT2D eigenvalue weighted by Gasteiger charge is 2.35. The topological polar surface area (TPSA) is 60.2 Å². The fourth-order valence-electron chi connectivity index (χ4n) is 18.3. The number of hydrogen-bond acceptors (Lipinski definition) is 3. The van der Waals surface area contributed by atoms with Crippen molar-refractivity contribution in [1.29, 1.82) is 0 Å². The Hall–Kier alpha value is -14.6. The van der Waals surface area contributed by atoms with Crippen molar-refractivity contribution in [2.24, 2.45) is 0 Å². The Morgan fingerprint density at radius 2 is 0.661 bits per heavy atom. The monoisotopic (exact) mass is 1440 g/mol. The van der Waals surface area contributed by atoms with Crippen molar-refractivity contribution in [2.75, 3.05) is 6.61 Å². The number of hydrogen-bond donors (Lipinski definition) is 0. The van der Waals surface area contributed by atoms with Crippen molar-refractivity contribution in [3.8, 4) is 45.3 Å². The van der Waals surface area contributed by atoms with Gasteiger partial charge >= 0.3 is 0 Å². The molecule has 530 valence electrons. The molecule has 0 aliphatic heterocycles. The van der Waals surface area contributed by atoms with Crippen LogP contribution in [0.5, 0.6) is 5.75 Å². The summed E-state index contributed by atoms with van der Waals surface area (Å²) >= 11 is 0. The van der Waals surface area contributed by atoms with Gasteiger partial charge in [0.1, 0.15) is 34.7 Å². The Bertz CT molecular complexity index is 7670. The van der Waals surface area contributed by atoms with Crippen LogP contribution in [0.3, 0.4) is 0 Å². The quantitative estimate of drug-likeness (QED) is 0.145. The standard InChI is InChI=1S/2C36H22N2O.C32H27NO/c1-5-13-29-25(9-1)26-10-2-6-14-30(26)37(29)23-17-19-24(20-18-23)38-31-15-7-3-11-27(31)35-32(38)21-22-34-36(35)28-12-4-8-16-33(28)39-34;1-2-10-23(11-3-1)37-29-15-7-4-12-25(29)28-22-24(18-19-31(28)37)38-30-16-8-5-13-26(30)35-32(38)20-21-34-36(35)27-14-6-9-17-33(27)39-34;1-32(2)29-16-8-7-15-27(29)28-22-25(18-19-30(28)32)33-24(21-23-11-6-9-17-31(23)33)12-10-20-34-26-13-4-3-5-14-26/h2*1-22H;3-19,21-22H,20H2,1-2H3/b;;12-10-. The van der Waals surface area contributed by atoms with E-state index in [4.69, 9.17) is 13.6 Å². The normalized spacial score (nSPS) is 12.6. The van der Waals surface area contributed by atoms with Gasteiger partial charge in [0.2, 0.25) is 0 Å². The Morgan fingerprint density at radius 3 is 1.24 bits per heavy atom. The zero-order valence-corrected chi connectivity index (χ0v) is 61.5. The van der Waals surface area contributed by atoms with Crippen LogP contribution in [0.15, 0.2) is 385 Å². The molecule has 23 aromatic rings. The van der Waals surface area contributed by atoms with Gasteiger partial charge in [-0.25, -0.2) is 0 Å². The average molecular weight is 1440 g/mol. The second-order valence-electron chi connectivity index (χ2n) is 29.7. The first-order valence-corrected chi connectivity index (χ1v) is 38.4. The van der Waals surface area contributed by atoms with Crippen molar-refractivity contribution in [2.45, 2.75) is 19.3 Å². The minimum atomic E-state index is 0.0146. The van der Waals surface area contributed by atoms with Crippen LogP contribution in [0, 0.1) is 0 Å². The van der Waals surface area contributed by atoms with Crippen molar-refractivity contribution >= 4 is 148 Å². The maximum absolute atomic E-state index is 6.26. The van der Waals surface area contributed by atoms with Gasteiger partial charge in [0, 0.05) is 110 Å². The minimum absolute atomic E-state index is 0.0146. The molecule has 0 saturated carbocycles. The molecule has 8 nitrogen and oxygen atoms in total. The van der Waals surface area contributed by atoms with Crippen LogP contribution in [0.4, 0.5) is 0 Å². The lowest BCUT2D eigenvalue weighted by molar-refractivity contribution is 0.363. The number of ether oxygens (including phenoxy) is 1. The predicted molar refractivity (Wildman–Crippen MR) is 467 cm³/mol. The van der Waals surface area contributed by atoms with E-state index in [1.165, 1.54) is 143 Å². The van der Waals surface area contributed by atoms with Crippen molar-refractivity contribution in [1.82, 2.24) is 22.8 Å². The largest absolute Gasteiger partial charge is 0.490 e. The lowest BCUT2D eigenvalue weighted by atomic mass is 9.82. The number of benzene rings is 16. The van der Waals surface area contributed by atoms with E-state index in [0.29, 0.717) is 6.61 Å². The second kappa shape index (κ2) is 25.8. The smallest absolute Gasteiger partial charge is 0.136 e. The molecule has 1 aliphatic rings. The second-order valence-corrected chi connectivity index (χ2v) is 29.7. The van der Waals surface area contributed by atoms with E-state index < -0.39 is 0 Å². The first kappa shape index (κ1) is 64.6. The predicted octanol–water partition coefficient (Wildman–Crippen LogP) is 27.6. The van der Waals surface area contributed by atoms with Gasteiger partial charge in [-0.15, -0.1) is 0 Å². The van der Waals surface area contributed by atoms with Crippen LogP contribution in [-0.4, -0.2) is 29.4 Å². The Balaban J connectivity index is 0.000000103. The van der Waals surface area contributed by atoms with E-state index in [9.17, 15) is 0 Å². The van der Waals surface area contributed by atoms with Gasteiger partial charge in [-0.2, -0.15) is 0 Å². The lowest BCUT2D eigenvalue weighted by Crippen LogP contribution is -2.14. The van der Waals surface area contributed by atoms with Crippen LogP contribution in [0.25, 0.3) is 188 Å². The first-order chi connectivity index (χ1) is 55.4. The molecule has 8 heteroatoms. The number of furan rings is 2. The molecule has 24 rings (SSSR count). The van der Waals surface area contributed by atoms with Crippen molar-refractivity contribution in [3.05, 3.63) is 393 Å². The maximum atomic E-state index is 6.26. The molecule has 0 amide bonds. The molecule has 0 radical (unpaired) electrons.